The molecule has 4 aromatic rings. The van der Waals surface area contributed by atoms with Crippen molar-refractivity contribution in [3.63, 3.8) is 0 Å². The van der Waals surface area contributed by atoms with Crippen molar-refractivity contribution in [2.75, 3.05) is 42.0 Å². The van der Waals surface area contributed by atoms with Crippen LogP contribution < -0.4 is 53.7 Å². The average molecular weight is 931 g/mol. The van der Waals surface area contributed by atoms with Crippen molar-refractivity contribution in [1.82, 2.24) is 0 Å². The van der Waals surface area contributed by atoms with E-state index < -0.39 is 34.6 Å². The van der Waals surface area contributed by atoms with Crippen LogP contribution in [0.15, 0.2) is 72.8 Å². The van der Waals surface area contributed by atoms with Gasteiger partial charge in [0, 0.05) is 0 Å². The molecule has 2 aliphatic rings. The summed E-state index contributed by atoms with van der Waals surface area (Å²) < 4.78 is 20.1. The topological polar surface area (TPSA) is 71.6 Å². The van der Waals surface area contributed by atoms with Crippen LogP contribution in [0.1, 0.15) is 131 Å². The number of anilines is 3. The third kappa shape index (κ3) is 9.38. The Bertz CT molecular complexity index is 2030. The number of carbonyl (C=O) groups excluding carboxylic acids is 2. The van der Waals surface area contributed by atoms with Gasteiger partial charge < -0.3 is 24.8 Å². The number of carbonyl (C=O) groups is 2. The summed E-state index contributed by atoms with van der Waals surface area (Å²) in [5.41, 5.74) is 9.79. The minimum atomic E-state index is -0.839. The fraction of sp³-hybridized carbons (Fsp3) is 0.438. The first-order chi connectivity index (χ1) is 27.2. The standard InChI is InChI=1S/C27H39N2.C21H21NO5.2ClH.Ru/c1-18(2)22-11-9-12-23(19(3)4)26(22)28-15-16-29(17-28)27-24(20(5)6)13-10-14-25(27)21(7)8;1-12(2)18-21(24)22(16-8-6-7-13(3)19(16)27-18)20(23)15-10-9-14(25-4)11-17(15)26-5;;;/h9-14,17-21H,15-16H2,1-8H3;3,6-12,18H,1-2,4-5H3;2*1H;/q;;;;+2/p-2. The Morgan fingerprint density at radius 3 is 1.64 bits per heavy atom. The van der Waals surface area contributed by atoms with Gasteiger partial charge in [0.25, 0.3) is 0 Å². The molecule has 59 heavy (non-hydrogen) atoms. The van der Waals surface area contributed by atoms with Gasteiger partial charge in [0.05, 0.1) is 0 Å². The number of hydrogen-bond donors (Lipinski definition) is 0. The maximum Gasteiger partial charge on any atom is -1.00 e. The van der Waals surface area contributed by atoms with E-state index in [4.69, 9.17) is 14.2 Å². The molecular formula is C48H60Cl2N3O5Ru. The van der Waals surface area contributed by atoms with Gasteiger partial charge in [-0.25, -0.2) is 0 Å². The Labute approximate surface area is 371 Å². The molecule has 0 saturated carbocycles. The van der Waals surface area contributed by atoms with Crippen molar-refractivity contribution in [3.05, 3.63) is 106 Å². The molecule has 1 fully saturated rings. The quantitative estimate of drug-likeness (QED) is 0.155. The Kier molecular flexibility index (Phi) is 16.3. The number of benzene rings is 4. The molecule has 8 nitrogen and oxygen atoms in total. The van der Waals surface area contributed by atoms with E-state index in [2.05, 4.69) is 112 Å². The first-order valence-corrected chi connectivity index (χ1v) is 22.3. The monoisotopic (exact) mass is 930 g/mol. The van der Waals surface area contributed by atoms with Crippen molar-refractivity contribution in [1.29, 1.82) is 0 Å². The summed E-state index contributed by atoms with van der Waals surface area (Å²) in [4.78, 5) is 35.3. The van der Waals surface area contributed by atoms with Gasteiger partial charge in [-0.05, 0) is 0 Å². The van der Waals surface area contributed by atoms with E-state index in [1.807, 2.05) is 19.9 Å². The van der Waals surface area contributed by atoms with E-state index in [-0.39, 0.29) is 41.1 Å². The first-order valence-electron chi connectivity index (χ1n) is 20.3. The normalized spacial score (nSPS) is 15.6. The van der Waals surface area contributed by atoms with Crippen LogP contribution in [-0.4, -0.2) is 54.6 Å². The molecule has 2 amide bonds. The molecule has 0 spiro atoms. The second-order valence-corrected chi connectivity index (χ2v) is 18.6. The number of para-hydroxylation sites is 3. The number of fused-ring (bicyclic) bond motifs is 1. The number of halogens is 2. The third-order valence-corrected chi connectivity index (χ3v) is 13.5. The molecule has 0 bridgehead atoms. The number of amides is 2. The molecule has 4 aromatic carbocycles. The third-order valence-electron chi connectivity index (χ3n) is 11.0. The van der Waals surface area contributed by atoms with E-state index in [9.17, 15) is 9.59 Å². The zero-order chi connectivity index (χ0) is 41.3. The summed E-state index contributed by atoms with van der Waals surface area (Å²) in [5, 5.41) is 0. The largest absolute Gasteiger partial charge is 1.00 e. The van der Waals surface area contributed by atoms with Gasteiger partial charge >= 0.3 is 349 Å². The molecule has 1 atom stereocenters. The van der Waals surface area contributed by atoms with E-state index in [1.54, 1.807) is 31.4 Å². The number of imide groups is 1. The minimum Gasteiger partial charge on any atom is -1.00 e. The predicted molar refractivity (Wildman–Crippen MR) is 230 cm³/mol. The van der Waals surface area contributed by atoms with Gasteiger partial charge in [-0.3, -0.25) is 0 Å². The van der Waals surface area contributed by atoms with Crippen LogP contribution in [0, 0.1) is 5.92 Å². The minimum absolute atomic E-state index is 0. The maximum atomic E-state index is 14.5. The summed E-state index contributed by atoms with van der Waals surface area (Å²) in [6.07, 6.45) is -0.839. The van der Waals surface area contributed by atoms with Gasteiger partial charge in [-0.1, -0.05) is 0 Å². The molecule has 0 N–H and O–H groups in total. The Morgan fingerprint density at radius 2 is 1.20 bits per heavy atom. The molecule has 0 aliphatic carbocycles. The molecule has 11 heteroatoms. The fourth-order valence-electron chi connectivity index (χ4n) is 8.03. The van der Waals surface area contributed by atoms with Crippen molar-refractivity contribution < 1.29 is 65.3 Å². The van der Waals surface area contributed by atoms with E-state index in [0.717, 1.165) is 18.7 Å². The summed E-state index contributed by atoms with van der Waals surface area (Å²) >= 11 is -0.485. The Morgan fingerprint density at radius 1 is 0.712 bits per heavy atom. The number of hydrogen-bond acceptors (Lipinski definition) is 7. The van der Waals surface area contributed by atoms with E-state index in [1.165, 1.54) is 45.6 Å². The molecule has 1 saturated heterocycles. The summed E-state index contributed by atoms with van der Waals surface area (Å²) in [7, 11) is 3.07. The molecule has 0 radical (unpaired) electrons. The van der Waals surface area contributed by atoms with Gasteiger partial charge in [-0.15, -0.1) is 0 Å². The van der Waals surface area contributed by atoms with Crippen LogP contribution >= 0.6 is 0 Å². The second kappa shape index (κ2) is 20.1. The summed E-state index contributed by atoms with van der Waals surface area (Å²) in [6, 6.07) is 24.5. The molecule has 6 rings (SSSR count). The average Bonchev–Trinajstić information content (AvgIpc) is 3.61. The molecule has 2 aliphatic heterocycles. The van der Waals surface area contributed by atoms with Gasteiger partial charge in [0.1, 0.15) is 0 Å². The SMILES string of the molecule is COc1ccc(C(=O)N2C(=O)C(C(C)C)Oc3c(/[CH]=[Ru+2]/[CH]4N(c5c(C(C)C)cccc5C(C)C)CCN4c4c(C(C)C)cccc4C(C)C)cccc32)c(OC)c1.[Cl-].[Cl-]. The second-order valence-electron chi connectivity index (χ2n) is 16.6. The van der Waals surface area contributed by atoms with Crippen LogP contribution in [-0.2, 0) is 21.5 Å². The van der Waals surface area contributed by atoms with Crippen molar-refractivity contribution >= 4 is 33.5 Å². The fourth-order valence-corrected chi connectivity index (χ4v) is 10.5. The van der Waals surface area contributed by atoms with E-state index in [0.29, 0.717) is 46.6 Å². The Hall–Kier alpha value is -3.91. The van der Waals surface area contributed by atoms with Crippen molar-refractivity contribution in [3.8, 4) is 17.2 Å². The first kappa shape index (κ1) is 47.8. The number of ether oxygens (including phenoxy) is 3. The van der Waals surface area contributed by atoms with Crippen LogP contribution in [0.25, 0.3) is 0 Å². The van der Waals surface area contributed by atoms with Crippen LogP contribution in [0.3, 0.4) is 0 Å². The summed E-state index contributed by atoms with van der Waals surface area (Å²) in [5.74, 6) is 1.83. The van der Waals surface area contributed by atoms with Crippen LogP contribution in [0.5, 0.6) is 17.2 Å². The van der Waals surface area contributed by atoms with Crippen molar-refractivity contribution in [2.24, 2.45) is 5.92 Å². The van der Waals surface area contributed by atoms with E-state index >= 15 is 0 Å². The van der Waals surface area contributed by atoms with Crippen LogP contribution in [0.2, 0.25) is 0 Å². The molecule has 319 valence electrons. The van der Waals surface area contributed by atoms with Crippen LogP contribution in [0.4, 0.5) is 17.1 Å². The van der Waals surface area contributed by atoms with Gasteiger partial charge in [0.2, 0.25) is 0 Å². The molecule has 2 heterocycles. The Balaban J connectivity index is 0.00000384. The number of nitrogens with zero attached hydrogens (tertiary/aromatic N) is 3. The molecule has 0 aromatic heterocycles. The zero-order valence-electron chi connectivity index (χ0n) is 36.5. The molecular weight excluding hydrogens is 871 g/mol. The molecule has 1 unspecified atom stereocenters. The predicted octanol–water partition coefficient (Wildman–Crippen LogP) is 4.34. The number of methoxy groups -OCH3 is 2. The summed E-state index contributed by atoms with van der Waals surface area (Å²) in [6.45, 7) is 24.1. The van der Waals surface area contributed by atoms with Crippen molar-refractivity contribution in [2.45, 2.75) is 104 Å². The maximum absolute atomic E-state index is 14.5. The van der Waals surface area contributed by atoms with Gasteiger partial charge in [0.15, 0.2) is 0 Å². The van der Waals surface area contributed by atoms with Gasteiger partial charge in [-0.2, -0.15) is 0 Å². The zero-order valence-corrected chi connectivity index (χ0v) is 39.7. The number of rotatable bonds is 12. The smallest absolute Gasteiger partial charge is 1.00 e.